The van der Waals surface area contributed by atoms with Crippen molar-refractivity contribution in [3.05, 3.63) is 83.9 Å². The van der Waals surface area contributed by atoms with Gasteiger partial charge < -0.3 is 5.32 Å². The van der Waals surface area contributed by atoms with Crippen molar-refractivity contribution in [3.63, 3.8) is 0 Å². The Morgan fingerprint density at radius 1 is 1.00 bits per heavy atom. The van der Waals surface area contributed by atoms with Crippen molar-refractivity contribution in [2.75, 3.05) is 28.1 Å². The van der Waals surface area contributed by atoms with Crippen LogP contribution < -0.4 is 14.5 Å². The number of hydrogen-bond donors (Lipinski definition) is 1. The van der Waals surface area contributed by atoms with Gasteiger partial charge in [0.2, 0.25) is 5.91 Å². The van der Waals surface area contributed by atoms with Crippen LogP contribution in [0.4, 0.5) is 17.1 Å². The molecule has 4 rings (SSSR count). The average molecular weight is 436 g/mol. The van der Waals surface area contributed by atoms with Gasteiger partial charge in [0.15, 0.2) is 0 Å². The highest BCUT2D eigenvalue weighted by atomic mass is 32.2. The summed E-state index contributed by atoms with van der Waals surface area (Å²) in [7, 11) is -2.41. The monoisotopic (exact) mass is 435 g/mol. The van der Waals surface area contributed by atoms with Crippen molar-refractivity contribution in [2.24, 2.45) is 0 Å². The number of nitrogens with zero attached hydrogens (tertiary/aromatic N) is 2. The molecule has 0 bridgehead atoms. The van der Waals surface area contributed by atoms with Gasteiger partial charge in [-0.2, -0.15) is 0 Å². The molecule has 0 saturated carbocycles. The molecule has 0 spiro atoms. The molecular formula is C23H21N3O4S. The molecule has 0 saturated heterocycles. The van der Waals surface area contributed by atoms with E-state index in [0.717, 1.165) is 5.56 Å². The van der Waals surface area contributed by atoms with E-state index < -0.39 is 15.9 Å². The lowest BCUT2D eigenvalue weighted by atomic mass is 10.1. The van der Waals surface area contributed by atoms with E-state index >= 15 is 0 Å². The molecule has 0 aliphatic carbocycles. The molecule has 3 aromatic rings. The highest BCUT2D eigenvalue weighted by Crippen LogP contribution is 2.31. The number of benzene rings is 3. The number of nitrogens with one attached hydrogen (secondary N) is 1. The molecule has 1 aliphatic heterocycles. The van der Waals surface area contributed by atoms with Gasteiger partial charge in [-0.3, -0.25) is 18.8 Å². The summed E-state index contributed by atoms with van der Waals surface area (Å²) < 4.78 is 27.7. The fourth-order valence-electron chi connectivity index (χ4n) is 3.56. The summed E-state index contributed by atoms with van der Waals surface area (Å²) in [5.74, 6) is -0.756. The number of aryl methyl sites for hydroxylation is 1. The Balaban J connectivity index is 1.70. The van der Waals surface area contributed by atoms with E-state index in [-0.39, 0.29) is 22.9 Å². The van der Waals surface area contributed by atoms with E-state index in [2.05, 4.69) is 5.32 Å². The van der Waals surface area contributed by atoms with Gasteiger partial charge in [-0.25, -0.2) is 8.42 Å². The minimum Gasteiger partial charge on any atom is -0.323 e. The van der Waals surface area contributed by atoms with Crippen LogP contribution in [0.2, 0.25) is 0 Å². The predicted molar refractivity (Wildman–Crippen MR) is 120 cm³/mol. The maximum atomic E-state index is 13.2. The number of carbonyl (C=O) groups excluding carboxylic acids is 2. The standard InChI is InChI=1S/C23H21N3O4S/c1-16-8-3-5-12-20(16)25(2)31(29,30)18-10-7-9-17(14-18)23(28)26-15-22(27)24-19-11-4-6-13-21(19)26/h3-14H,15H2,1-2H3,(H,24,27). The minimum atomic E-state index is -3.89. The Morgan fingerprint density at radius 3 is 2.48 bits per heavy atom. The first kappa shape index (κ1) is 20.6. The first-order valence-electron chi connectivity index (χ1n) is 9.64. The van der Waals surface area contributed by atoms with Crippen LogP contribution in [0, 0.1) is 6.92 Å². The van der Waals surface area contributed by atoms with Crippen molar-refractivity contribution in [1.82, 2.24) is 0 Å². The van der Waals surface area contributed by atoms with Crippen LogP contribution in [-0.2, 0) is 14.8 Å². The summed E-state index contributed by atoms with van der Waals surface area (Å²) in [6.07, 6.45) is 0. The smallest absolute Gasteiger partial charge is 0.264 e. The summed E-state index contributed by atoms with van der Waals surface area (Å²) in [6, 6.07) is 20.0. The molecule has 0 atom stereocenters. The molecule has 8 heteroatoms. The van der Waals surface area contributed by atoms with E-state index in [1.807, 2.05) is 19.1 Å². The van der Waals surface area contributed by atoms with Gasteiger partial charge in [-0.1, -0.05) is 36.4 Å². The number of anilines is 3. The minimum absolute atomic E-state index is 0.00107. The third kappa shape index (κ3) is 3.77. The largest absolute Gasteiger partial charge is 0.323 e. The first-order chi connectivity index (χ1) is 14.8. The molecule has 0 fully saturated rings. The molecule has 7 nitrogen and oxygen atoms in total. The van der Waals surface area contributed by atoms with Crippen LogP contribution in [0.5, 0.6) is 0 Å². The van der Waals surface area contributed by atoms with Gasteiger partial charge in [-0.15, -0.1) is 0 Å². The number of sulfonamides is 1. The van der Waals surface area contributed by atoms with Crippen LogP contribution in [0.15, 0.2) is 77.7 Å². The van der Waals surface area contributed by atoms with Gasteiger partial charge in [0.1, 0.15) is 6.54 Å². The molecule has 0 unspecified atom stereocenters. The third-order valence-corrected chi connectivity index (χ3v) is 6.98. The molecule has 1 aliphatic rings. The molecule has 1 heterocycles. The van der Waals surface area contributed by atoms with Gasteiger partial charge in [0.25, 0.3) is 15.9 Å². The van der Waals surface area contributed by atoms with Crippen molar-refractivity contribution < 1.29 is 18.0 Å². The van der Waals surface area contributed by atoms with E-state index in [9.17, 15) is 18.0 Å². The van der Waals surface area contributed by atoms with E-state index in [1.54, 1.807) is 42.5 Å². The van der Waals surface area contributed by atoms with Gasteiger partial charge in [0.05, 0.1) is 22.0 Å². The van der Waals surface area contributed by atoms with Crippen molar-refractivity contribution in [3.8, 4) is 0 Å². The fourth-order valence-corrected chi connectivity index (χ4v) is 4.87. The predicted octanol–water partition coefficient (Wildman–Crippen LogP) is 3.42. The van der Waals surface area contributed by atoms with E-state index in [0.29, 0.717) is 17.1 Å². The highest BCUT2D eigenvalue weighted by molar-refractivity contribution is 7.92. The Hall–Kier alpha value is -3.65. The SMILES string of the molecule is Cc1ccccc1N(C)S(=O)(=O)c1cccc(C(=O)N2CC(=O)Nc3ccccc32)c1. The molecule has 31 heavy (non-hydrogen) atoms. The number of amides is 2. The summed E-state index contributed by atoms with van der Waals surface area (Å²) in [5, 5.41) is 2.73. The molecule has 0 aromatic heterocycles. The molecule has 1 N–H and O–H groups in total. The molecule has 158 valence electrons. The highest BCUT2D eigenvalue weighted by Gasteiger charge is 2.29. The number of hydrogen-bond acceptors (Lipinski definition) is 4. The zero-order valence-electron chi connectivity index (χ0n) is 17.1. The molecule has 3 aromatic carbocycles. The lowest BCUT2D eigenvalue weighted by Gasteiger charge is -2.29. The van der Waals surface area contributed by atoms with Crippen LogP contribution in [0.1, 0.15) is 15.9 Å². The van der Waals surface area contributed by atoms with Crippen LogP contribution in [0.3, 0.4) is 0 Å². The zero-order chi connectivity index (χ0) is 22.2. The van der Waals surface area contributed by atoms with Crippen LogP contribution in [0.25, 0.3) is 0 Å². The normalized spacial score (nSPS) is 13.4. The first-order valence-corrected chi connectivity index (χ1v) is 11.1. The summed E-state index contributed by atoms with van der Waals surface area (Å²) in [4.78, 5) is 26.6. The van der Waals surface area contributed by atoms with Crippen molar-refractivity contribution in [2.45, 2.75) is 11.8 Å². The van der Waals surface area contributed by atoms with E-state index in [4.69, 9.17) is 0 Å². The Kier molecular flexibility index (Phi) is 5.24. The number of fused-ring (bicyclic) bond motifs is 1. The topological polar surface area (TPSA) is 86.8 Å². The molecule has 2 amide bonds. The zero-order valence-corrected chi connectivity index (χ0v) is 17.9. The summed E-state index contributed by atoms with van der Waals surface area (Å²) in [6.45, 7) is 1.69. The third-order valence-electron chi connectivity index (χ3n) is 5.21. The summed E-state index contributed by atoms with van der Waals surface area (Å²) in [5.41, 5.74) is 2.66. The average Bonchev–Trinajstić information content (AvgIpc) is 2.78. The Bertz CT molecular complexity index is 1290. The number of carbonyl (C=O) groups is 2. The molecular weight excluding hydrogens is 414 g/mol. The van der Waals surface area contributed by atoms with Crippen molar-refractivity contribution >= 4 is 38.9 Å². The lowest BCUT2D eigenvalue weighted by molar-refractivity contribution is -0.115. The Morgan fingerprint density at radius 2 is 1.71 bits per heavy atom. The van der Waals surface area contributed by atoms with Crippen molar-refractivity contribution in [1.29, 1.82) is 0 Å². The summed E-state index contributed by atoms with van der Waals surface area (Å²) >= 11 is 0. The quantitative estimate of drug-likeness (QED) is 0.680. The lowest BCUT2D eigenvalue weighted by Crippen LogP contribution is -2.42. The van der Waals surface area contributed by atoms with Gasteiger partial charge >= 0.3 is 0 Å². The molecule has 0 radical (unpaired) electrons. The fraction of sp³-hybridized carbons (Fsp3) is 0.130. The Labute approximate surface area is 181 Å². The van der Waals surface area contributed by atoms with E-state index in [1.165, 1.54) is 34.5 Å². The second kappa shape index (κ2) is 7.88. The maximum absolute atomic E-state index is 13.2. The number of rotatable bonds is 4. The maximum Gasteiger partial charge on any atom is 0.264 e. The second-order valence-corrected chi connectivity index (χ2v) is 9.21. The number of para-hydroxylation sites is 3. The van der Waals surface area contributed by atoms with Crippen LogP contribution in [-0.4, -0.2) is 33.8 Å². The van der Waals surface area contributed by atoms with Gasteiger partial charge in [0, 0.05) is 12.6 Å². The second-order valence-electron chi connectivity index (χ2n) is 7.24. The van der Waals surface area contributed by atoms with Gasteiger partial charge in [-0.05, 0) is 48.9 Å². The van der Waals surface area contributed by atoms with Crippen LogP contribution >= 0.6 is 0 Å².